The summed E-state index contributed by atoms with van der Waals surface area (Å²) >= 11 is 0. The molecule has 154 valence electrons. The summed E-state index contributed by atoms with van der Waals surface area (Å²) in [6.45, 7) is 0.610. The number of methoxy groups -OCH3 is 1. The SMILES string of the molecule is COc1ccc(F)cc1S(=O)(=O)Nc1ccc2c(c1)N(C(=O)C1CCCC1)CC2. The number of halogens is 1. The number of benzene rings is 2. The van der Waals surface area contributed by atoms with Crippen LogP contribution in [-0.2, 0) is 21.2 Å². The van der Waals surface area contributed by atoms with Crippen molar-refractivity contribution in [2.45, 2.75) is 37.0 Å². The Hall–Kier alpha value is -2.61. The highest BCUT2D eigenvalue weighted by atomic mass is 32.2. The Balaban J connectivity index is 1.62. The number of rotatable bonds is 5. The van der Waals surface area contributed by atoms with Crippen LogP contribution in [0.2, 0.25) is 0 Å². The summed E-state index contributed by atoms with van der Waals surface area (Å²) < 4.78 is 46.8. The highest BCUT2D eigenvalue weighted by Crippen LogP contribution is 2.36. The Kier molecular flexibility index (Phi) is 5.21. The van der Waals surface area contributed by atoms with E-state index in [1.54, 1.807) is 17.0 Å². The zero-order valence-electron chi connectivity index (χ0n) is 16.2. The summed E-state index contributed by atoms with van der Waals surface area (Å²) in [5, 5.41) is 0. The molecule has 2 aliphatic rings. The first kappa shape index (κ1) is 19.7. The zero-order chi connectivity index (χ0) is 20.6. The minimum atomic E-state index is -4.07. The third kappa shape index (κ3) is 3.81. The molecule has 1 heterocycles. The van der Waals surface area contributed by atoms with Crippen molar-refractivity contribution < 1.29 is 22.3 Å². The van der Waals surface area contributed by atoms with Crippen LogP contribution >= 0.6 is 0 Å². The van der Waals surface area contributed by atoms with Crippen LogP contribution in [-0.4, -0.2) is 28.0 Å². The van der Waals surface area contributed by atoms with E-state index < -0.39 is 15.8 Å². The second-order valence-corrected chi connectivity index (χ2v) is 9.12. The van der Waals surface area contributed by atoms with E-state index in [-0.39, 0.29) is 22.5 Å². The molecule has 0 atom stereocenters. The molecule has 0 radical (unpaired) electrons. The van der Waals surface area contributed by atoms with E-state index >= 15 is 0 Å². The molecule has 2 aromatic carbocycles. The van der Waals surface area contributed by atoms with Gasteiger partial charge in [0, 0.05) is 18.2 Å². The Labute approximate surface area is 169 Å². The first-order valence-electron chi connectivity index (χ1n) is 9.70. The second-order valence-electron chi connectivity index (χ2n) is 7.47. The average molecular weight is 418 g/mol. The molecule has 29 heavy (non-hydrogen) atoms. The van der Waals surface area contributed by atoms with Gasteiger partial charge in [0.15, 0.2) is 0 Å². The van der Waals surface area contributed by atoms with Crippen LogP contribution < -0.4 is 14.4 Å². The maximum absolute atomic E-state index is 13.6. The van der Waals surface area contributed by atoms with Crippen molar-refractivity contribution in [1.82, 2.24) is 0 Å². The summed E-state index contributed by atoms with van der Waals surface area (Å²) in [6.07, 6.45) is 4.73. The molecule has 6 nitrogen and oxygen atoms in total. The van der Waals surface area contributed by atoms with Gasteiger partial charge in [-0.05, 0) is 55.2 Å². The first-order valence-corrected chi connectivity index (χ1v) is 11.2. The Bertz CT molecular complexity index is 1050. The number of fused-ring (bicyclic) bond motifs is 1. The lowest BCUT2D eigenvalue weighted by molar-refractivity contribution is -0.122. The lowest BCUT2D eigenvalue weighted by atomic mass is 10.1. The minimum absolute atomic E-state index is 0.0536. The highest BCUT2D eigenvalue weighted by Gasteiger charge is 2.32. The molecule has 1 aliphatic heterocycles. The van der Waals surface area contributed by atoms with Gasteiger partial charge in [-0.15, -0.1) is 0 Å². The molecule has 0 bridgehead atoms. The topological polar surface area (TPSA) is 75.7 Å². The predicted molar refractivity (Wildman–Crippen MR) is 108 cm³/mol. The van der Waals surface area contributed by atoms with E-state index in [9.17, 15) is 17.6 Å². The van der Waals surface area contributed by atoms with Gasteiger partial charge in [0.25, 0.3) is 10.0 Å². The number of amides is 1. The number of hydrogen-bond donors (Lipinski definition) is 1. The van der Waals surface area contributed by atoms with E-state index in [1.165, 1.54) is 13.2 Å². The number of nitrogens with zero attached hydrogens (tertiary/aromatic N) is 1. The van der Waals surface area contributed by atoms with Gasteiger partial charge in [-0.3, -0.25) is 9.52 Å². The summed E-state index contributed by atoms with van der Waals surface area (Å²) in [7, 11) is -2.74. The first-order chi connectivity index (χ1) is 13.9. The van der Waals surface area contributed by atoms with Crippen molar-refractivity contribution >= 4 is 27.3 Å². The molecule has 2 aromatic rings. The smallest absolute Gasteiger partial charge is 0.265 e. The summed E-state index contributed by atoms with van der Waals surface area (Å²) in [4.78, 5) is 14.4. The highest BCUT2D eigenvalue weighted by molar-refractivity contribution is 7.92. The maximum Gasteiger partial charge on any atom is 0.265 e. The molecule has 1 saturated carbocycles. The molecule has 1 N–H and O–H groups in total. The summed E-state index contributed by atoms with van der Waals surface area (Å²) in [5.41, 5.74) is 2.08. The van der Waals surface area contributed by atoms with Crippen molar-refractivity contribution in [3.63, 3.8) is 0 Å². The molecule has 8 heteroatoms. The van der Waals surface area contributed by atoms with E-state index in [2.05, 4.69) is 4.72 Å². The van der Waals surface area contributed by atoms with Crippen molar-refractivity contribution in [3.05, 3.63) is 47.8 Å². The van der Waals surface area contributed by atoms with Crippen LogP contribution in [0.15, 0.2) is 41.3 Å². The van der Waals surface area contributed by atoms with Gasteiger partial charge in [-0.1, -0.05) is 18.9 Å². The lowest BCUT2D eigenvalue weighted by Crippen LogP contribution is -2.33. The van der Waals surface area contributed by atoms with Gasteiger partial charge in [0.05, 0.1) is 12.8 Å². The molecular weight excluding hydrogens is 395 g/mol. The number of nitrogens with one attached hydrogen (secondary N) is 1. The zero-order valence-corrected chi connectivity index (χ0v) is 17.0. The standard InChI is InChI=1S/C21H23FN2O4S/c1-28-19-9-7-16(22)12-20(19)29(26,27)23-17-8-6-14-10-11-24(18(14)13-17)21(25)15-4-2-3-5-15/h6-9,12-13,15,23H,2-5,10-11H2,1H3. The number of carbonyl (C=O) groups is 1. The van der Waals surface area contributed by atoms with E-state index in [4.69, 9.17) is 4.74 Å². The average Bonchev–Trinajstić information content (AvgIpc) is 3.37. The van der Waals surface area contributed by atoms with Crippen LogP contribution in [0, 0.1) is 11.7 Å². The van der Waals surface area contributed by atoms with Crippen molar-refractivity contribution in [1.29, 1.82) is 0 Å². The van der Waals surface area contributed by atoms with Crippen LogP contribution in [0.3, 0.4) is 0 Å². The van der Waals surface area contributed by atoms with Crippen LogP contribution in [0.1, 0.15) is 31.2 Å². The number of hydrogen-bond acceptors (Lipinski definition) is 4. The lowest BCUT2D eigenvalue weighted by Gasteiger charge is -2.22. The monoisotopic (exact) mass is 418 g/mol. The minimum Gasteiger partial charge on any atom is -0.495 e. The predicted octanol–water partition coefficient (Wildman–Crippen LogP) is 3.71. The van der Waals surface area contributed by atoms with E-state index in [0.717, 1.165) is 55.5 Å². The Morgan fingerprint density at radius 1 is 1.17 bits per heavy atom. The van der Waals surface area contributed by atoms with Crippen LogP contribution in [0.4, 0.5) is 15.8 Å². The van der Waals surface area contributed by atoms with Gasteiger partial charge in [0.1, 0.15) is 16.5 Å². The molecule has 4 rings (SSSR count). The fourth-order valence-electron chi connectivity index (χ4n) is 4.14. The molecule has 1 fully saturated rings. The van der Waals surface area contributed by atoms with Crippen molar-refractivity contribution in [2.24, 2.45) is 5.92 Å². The van der Waals surface area contributed by atoms with Gasteiger partial charge < -0.3 is 9.64 Å². The fourth-order valence-corrected chi connectivity index (χ4v) is 5.37. The Morgan fingerprint density at radius 3 is 2.66 bits per heavy atom. The quantitative estimate of drug-likeness (QED) is 0.803. The largest absolute Gasteiger partial charge is 0.495 e. The van der Waals surface area contributed by atoms with E-state index in [0.29, 0.717) is 12.2 Å². The molecular formula is C21H23FN2O4S. The van der Waals surface area contributed by atoms with Crippen LogP contribution in [0.25, 0.3) is 0 Å². The van der Waals surface area contributed by atoms with Gasteiger partial charge in [-0.25, -0.2) is 12.8 Å². The van der Waals surface area contributed by atoms with Crippen LogP contribution in [0.5, 0.6) is 5.75 Å². The number of sulfonamides is 1. The fraction of sp³-hybridized carbons (Fsp3) is 0.381. The third-order valence-corrected chi connectivity index (χ3v) is 7.02. The summed E-state index contributed by atoms with van der Waals surface area (Å²) in [6, 6.07) is 8.50. The molecule has 0 saturated heterocycles. The van der Waals surface area contributed by atoms with Crippen molar-refractivity contribution in [3.8, 4) is 5.75 Å². The van der Waals surface area contributed by atoms with Gasteiger partial charge >= 0.3 is 0 Å². The molecule has 0 unspecified atom stereocenters. The van der Waals surface area contributed by atoms with Gasteiger partial charge in [0.2, 0.25) is 5.91 Å². The number of carbonyl (C=O) groups excluding carboxylic acids is 1. The van der Waals surface area contributed by atoms with E-state index in [1.807, 2.05) is 6.07 Å². The molecule has 1 amide bonds. The van der Waals surface area contributed by atoms with Gasteiger partial charge in [-0.2, -0.15) is 0 Å². The normalized spacial score (nSPS) is 16.7. The number of anilines is 2. The molecule has 1 aliphatic carbocycles. The maximum atomic E-state index is 13.6. The third-order valence-electron chi connectivity index (χ3n) is 5.62. The number of ether oxygens (including phenoxy) is 1. The second kappa shape index (κ2) is 7.67. The molecule has 0 spiro atoms. The summed E-state index contributed by atoms with van der Waals surface area (Å²) in [5.74, 6) is -0.447. The Morgan fingerprint density at radius 2 is 1.93 bits per heavy atom. The van der Waals surface area contributed by atoms with Crippen molar-refractivity contribution in [2.75, 3.05) is 23.3 Å². The molecule has 0 aromatic heterocycles.